The highest BCUT2D eigenvalue weighted by Crippen LogP contribution is 2.22. The number of nitrogens with zero attached hydrogens (tertiary/aromatic N) is 2. The van der Waals surface area contributed by atoms with Crippen LogP contribution in [0.5, 0.6) is 0 Å². The Morgan fingerprint density at radius 1 is 1.64 bits per heavy atom. The number of carbonyl (C=O) groups is 1. The Morgan fingerprint density at radius 3 is 2.73 bits per heavy atom. The van der Waals surface area contributed by atoms with E-state index in [-0.39, 0.29) is 0 Å². The molecular weight excluding hydrogens is 181 g/mol. The standard InChI is InChI=1S/C5H12N3OPS/c6-8-2-1-7(10)3-5(8,11)4-9/h4,11H,1-3,6,10H2. The number of hydrazine groups is 1. The fraction of sp³-hybridized carbons (Fsp3) is 0.800. The second-order valence-corrected chi connectivity index (χ2v) is 4.16. The van der Waals surface area contributed by atoms with Crippen LogP contribution in [-0.2, 0) is 4.79 Å². The minimum absolute atomic E-state index is 0.542. The summed E-state index contributed by atoms with van der Waals surface area (Å²) < 4.78 is 1.95. The summed E-state index contributed by atoms with van der Waals surface area (Å²) in [5, 5.41) is 1.46. The summed E-state index contributed by atoms with van der Waals surface area (Å²) in [6, 6.07) is 0. The van der Waals surface area contributed by atoms with E-state index in [1.165, 1.54) is 5.01 Å². The molecule has 1 rings (SSSR count). The van der Waals surface area contributed by atoms with Gasteiger partial charge >= 0.3 is 0 Å². The molecule has 1 aliphatic rings. The van der Waals surface area contributed by atoms with E-state index in [9.17, 15) is 4.79 Å². The predicted octanol–water partition coefficient (Wildman–Crippen LogP) is -0.907. The number of aldehydes is 1. The number of nitrogens with two attached hydrogens (primary N) is 1. The van der Waals surface area contributed by atoms with Gasteiger partial charge in [0.1, 0.15) is 4.87 Å². The van der Waals surface area contributed by atoms with Gasteiger partial charge in [-0.05, 0) is 0 Å². The predicted molar refractivity (Wildman–Crippen MR) is 50.0 cm³/mol. The van der Waals surface area contributed by atoms with Crippen molar-refractivity contribution in [1.29, 1.82) is 0 Å². The fourth-order valence-electron chi connectivity index (χ4n) is 1.00. The molecule has 6 heteroatoms. The zero-order chi connectivity index (χ0) is 8.48. The molecule has 64 valence electrons. The van der Waals surface area contributed by atoms with Crippen molar-refractivity contribution >= 4 is 28.3 Å². The number of rotatable bonds is 1. The van der Waals surface area contributed by atoms with Gasteiger partial charge in [-0.1, -0.05) is 9.39 Å². The Hall–Kier alpha value is 0.330. The first-order valence-corrected chi connectivity index (χ1v) is 4.25. The molecule has 1 fully saturated rings. The Labute approximate surface area is 73.7 Å². The van der Waals surface area contributed by atoms with Crippen molar-refractivity contribution < 1.29 is 4.79 Å². The molecule has 2 N–H and O–H groups in total. The molecule has 0 aromatic rings. The van der Waals surface area contributed by atoms with Gasteiger partial charge in [-0.2, -0.15) is 0 Å². The normalized spacial score (nSPS) is 35.5. The molecule has 1 aliphatic heterocycles. The summed E-state index contributed by atoms with van der Waals surface area (Å²) in [4.78, 5) is 9.78. The van der Waals surface area contributed by atoms with Crippen LogP contribution in [0.4, 0.5) is 0 Å². The molecule has 0 bridgehead atoms. The molecule has 0 spiro atoms. The van der Waals surface area contributed by atoms with E-state index in [1.807, 2.05) is 4.67 Å². The van der Waals surface area contributed by atoms with Crippen molar-refractivity contribution in [2.24, 2.45) is 5.84 Å². The van der Waals surface area contributed by atoms with E-state index in [1.54, 1.807) is 0 Å². The maximum atomic E-state index is 10.6. The van der Waals surface area contributed by atoms with Gasteiger partial charge in [-0.15, -0.1) is 12.6 Å². The third-order valence-corrected chi connectivity index (χ3v) is 2.69. The lowest BCUT2D eigenvalue weighted by Crippen LogP contribution is -2.61. The molecule has 2 atom stereocenters. The molecule has 11 heavy (non-hydrogen) atoms. The number of hydrogen-bond donors (Lipinski definition) is 2. The molecule has 0 aromatic heterocycles. The Balaban J connectivity index is 2.67. The van der Waals surface area contributed by atoms with E-state index in [4.69, 9.17) is 5.84 Å². The second-order valence-electron chi connectivity index (χ2n) is 2.66. The Bertz CT molecular complexity index is 170. The average Bonchev–Trinajstić information content (AvgIpc) is 1.98. The van der Waals surface area contributed by atoms with Gasteiger partial charge in [-0.25, -0.2) is 5.01 Å². The molecule has 0 aliphatic carbocycles. The first kappa shape index (κ1) is 9.42. The topological polar surface area (TPSA) is 49.6 Å². The van der Waals surface area contributed by atoms with Crippen molar-refractivity contribution in [1.82, 2.24) is 9.68 Å². The monoisotopic (exact) mass is 193 g/mol. The van der Waals surface area contributed by atoms with Crippen LogP contribution in [0.3, 0.4) is 0 Å². The highest BCUT2D eigenvalue weighted by Gasteiger charge is 2.35. The van der Waals surface area contributed by atoms with Gasteiger partial charge in [0.15, 0.2) is 6.29 Å². The van der Waals surface area contributed by atoms with Crippen LogP contribution >= 0.6 is 22.0 Å². The number of piperazine rings is 1. The zero-order valence-electron chi connectivity index (χ0n) is 6.10. The SMILES string of the molecule is NN1CCN(P)CC1(S)C=O. The Morgan fingerprint density at radius 2 is 2.27 bits per heavy atom. The van der Waals surface area contributed by atoms with E-state index < -0.39 is 4.87 Å². The smallest absolute Gasteiger partial charge is 0.152 e. The van der Waals surface area contributed by atoms with Crippen LogP contribution in [0.1, 0.15) is 0 Å². The summed E-state index contributed by atoms with van der Waals surface area (Å²) in [5.74, 6) is 5.58. The van der Waals surface area contributed by atoms with E-state index in [2.05, 4.69) is 22.0 Å². The lowest BCUT2D eigenvalue weighted by molar-refractivity contribution is -0.115. The maximum Gasteiger partial charge on any atom is 0.152 e. The van der Waals surface area contributed by atoms with E-state index >= 15 is 0 Å². The van der Waals surface area contributed by atoms with Crippen LogP contribution in [-0.4, -0.2) is 40.5 Å². The van der Waals surface area contributed by atoms with Gasteiger partial charge in [0.05, 0.1) is 0 Å². The van der Waals surface area contributed by atoms with E-state index in [0.29, 0.717) is 13.1 Å². The van der Waals surface area contributed by atoms with Crippen molar-refractivity contribution in [3.63, 3.8) is 0 Å². The third kappa shape index (κ3) is 1.92. The van der Waals surface area contributed by atoms with Gasteiger partial charge in [-0.3, -0.25) is 10.5 Å². The van der Waals surface area contributed by atoms with Gasteiger partial charge in [0, 0.05) is 19.6 Å². The lowest BCUT2D eigenvalue weighted by Gasteiger charge is -2.40. The third-order valence-electron chi connectivity index (χ3n) is 1.75. The lowest BCUT2D eigenvalue weighted by atomic mass is 10.2. The second kappa shape index (κ2) is 3.37. The first-order valence-electron chi connectivity index (χ1n) is 3.29. The Kier molecular flexibility index (Phi) is 2.89. The highest BCUT2D eigenvalue weighted by molar-refractivity contribution is 7.82. The summed E-state index contributed by atoms with van der Waals surface area (Å²) in [6.07, 6.45) is 0.770. The molecule has 1 saturated heterocycles. The van der Waals surface area contributed by atoms with Crippen molar-refractivity contribution in [2.75, 3.05) is 19.6 Å². The van der Waals surface area contributed by atoms with Crippen LogP contribution in [0.25, 0.3) is 0 Å². The maximum absolute atomic E-state index is 10.6. The molecule has 0 radical (unpaired) electrons. The quantitative estimate of drug-likeness (QED) is 0.245. The summed E-state index contributed by atoms with van der Waals surface area (Å²) in [6.45, 7) is 2.05. The largest absolute Gasteiger partial charge is 0.300 e. The molecule has 2 unspecified atom stereocenters. The van der Waals surface area contributed by atoms with E-state index in [0.717, 1.165) is 12.8 Å². The number of hydrogen-bond acceptors (Lipinski definition) is 5. The number of thiol groups is 1. The van der Waals surface area contributed by atoms with Gasteiger partial charge in [0.25, 0.3) is 0 Å². The van der Waals surface area contributed by atoms with Gasteiger partial charge in [0.2, 0.25) is 0 Å². The van der Waals surface area contributed by atoms with Crippen LogP contribution in [0.15, 0.2) is 0 Å². The van der Waals surface area contributed by atoms with Crippen LogP contribution in [0, 0.1) is 0 Å². The van der Waals surface area contributed by atoms with Gasteiger partial charge < -0.3 is 4.79 Å². The summed E-state index contributed by atoms with van der Waals surface area (Å²) >= 11 is 4.18. The molecule has 1 heterocycles. The average molecular weight is 193 g/mol. The van der Waals surface area contributed by atoms with Crippen molar-refractivity contribution in [2.45, 2.75) is 4.87 Å². The zero-order valence-corrected chi connectivity index (χ0v) is 8.15. The molecule has 0 saturated carbocycles. The molecule has 4 nitrogen and oxygen atoms in total. The summed E-state index contributed by atoms with van der Waals surface area (Å²) in [5.41, 5.74) is 0. The van der Waals surface area contributed by atoms with Crippen LogP contribution in [0.2, 0.25) is 0 Å². The summed E-state index contributed by atoms with van der Waals surface area (Å²) in [7, 11) is 2.54. The van der Waals surface area contributed by atoms with Crippen molar-refractivity contribution in [3.8, 4) is 0 Å². The van der Waals surface area contributed by atoms with Crippen molar-refractivity contribution in [3.05, 3.63) is 0 Å². The van der Waals surface area contributed by atoms with Crippen LogP contribution < -0.4 is 5.84 Å². The number of carbonyl (C=O) groups excluding carboxylic acids is 1. The fourth-order valence-corrected chi connectivity index (χ4v) is 1.83. The molecular formula is C5H12N3OPS. The highest BCUT2D eigenvalue weighted by atomic mass is 32.1. The minimum Gasteiger partial charge on any atom is -0.300 e. The molecule has 0 aromatic carbocycles. The minimum atomic E-state index is -0.819. The first-order chi connectivity index (χ1) is 5.08. The molecule has 0 amide bonds.